The van der Waals surface area contributed by atoms with Crippen LogP contribution in [-0.2, 0) is 4.84 Å². The van der Waals surface area contributed by atoms with Crippen LogP contribution in [0.15, 0.2) is 15.1 Å². The normalized spacial score (nSPS) is 21.6. The van der Waals surface area contributed by atoms with Crippen molar-refractivity contribution in [2.45, 2.75) is 12.5 Å². The standard InChI is InChI=1S/C10H12BrN3O3S/c1-17-13-6-2-7(5-15)14(4-6)10(16)9-12-3-8(11)18-9/h3,7,15H,2,4-5H2,1H3/b13-6-. The summed E-state index contributed by atoms with van der Waals surface area (Å²) in [6, 6.07) is -0.255. The van der Waals surface area contributed by atoms with E-state index in [0.29, 0.717) is 18.0 Å². The van der Waals surface area contributed by atoms with Gasteiger partial charge in [-0.05, 0) is 15.9 Å². The SMILES string of the molecule is CO/N=C1/CC(CO)N(C(=O)c2ncc(Br)s2)C1. The van der Waals surface area contributed by atoms with E-state index in [1.165, 1.54) is 18.4 Å². The zero-order chi connectivity index (χ0) is 13.1. The molecule has 2 heterocycles. The number of amides is 1. The third-order valence-corrected chi connectivity index (χ3v) is 4.08. The zero-order valence-corrected chi connectivity index (χ0v) is 12.1. The highest BCUT2D eigenvalue weighted by atomic mass is 79.9. The van der Waals surface area contributed by atoms with Crippen molar-refractivity contribution in [2.75, 3.05) is 20.3 Å². The van der Waals surface area contributed by atoms with Gasteiger partial charge in [0.05, 0.1) is 34.9 Å². The highest BCUT2D eigenvalue weighted by molar-refractivity contribution is 9.11. The summed E-state index contributed by atoms with van der Waals surface area (Å²) in [5.74, 6) is -0.189. The number of aliphatic hydroxyl groups is 1. The number of likely N-dealkylation sites (tertiary alicyclic amines) is 1. The fraction of sp³-hybridized carbons (Fsp3) is 0.500. The summed E-state index contributed by atoms with van der Waals surface area (Å²) in [6.07, 6.45) is 2.12. The maximum Gasteiger partial charge on any atom is 0.283 e. The largest absolute Gasteiger partial charge is 0.399 e. The van der Waals surface area contributed by atoms with Crippen LogP contribution in [0.2, 0.25) is 0 Å². The molecular weight excluding hydrogens is 322 g/mol. The second-order valence-electron chi connectivity index (χ2n) is 3.78. The second-order valence-corrected chi connectivity index (χ2v) is 6.19. The smallest absolute Gasteiger partial charge is 0.283 e. The first-order chi connectivity index (χ1) is 8.65. The van der Waals surface area contributed by atoms with E-state index in [0.717, 1.165) is 9.50 Å². The van der Waals surface area contributed by atoms with E-state index in [2.05, 4.69) is 26.1 Å². The molecule has 0 spiro atoms. The van der Waals surface area contributed by atoms with Crippen LogP contribution in [0.25, 0.3) is 0 Å². The van der Waals surface area contributed by atoms with Crippen molar-refractivity contribution in [1.29, 1.82) is 0 Å². The van der Waals surface area contributed by atoms with E-state index in [-0.39, 0.29) is 18.6 Å². The Kier molecular flexibility index (Phi) is 4.31. The fourth-order valence-corrected chi connectivity index (χ4v) is 3.01. The monoisotopic (exact) mass is 333 g/mol. The molecule has 0 aliphatic carbocycles. The van der Waals surface area contributed by atoms with E-state index in [4.69, 9.17) is 4.84 Å². The molecule has 0 radical (unpaired) electrons. The molecule has 8 heteroatoms. The Balaban J connectivity index is 2.16. The molecule has 1 atom stereocenters. The lowest BCUT2D eigenvalue weighted by Gasteiger charge is -2.20. The van der Waals surface area contributed by atoms with Gasteiger partial charge in [-0.1, -0.05) is 5.16 Å². The summed E-state index contributed by atoms with van der Waals surface area (Å²) in [6.45, 7) is 0.274. The topological polar surface area (TPSA) is 75.0 Å². The molecule has 1 aromatic heterocycles. The quantitative estimate of drug-likeness (QED) is 0.841. The molecule has 2 rings (SSSR count). The number of hydrogen-bond acceptors (Lipinski definition) is 6. The first kappa shape index (κ1) is 13.4. The molecule has 1 aromatic rings. The maximum atomic E-state index is 12.2. The summed E-state index contributed by atoms with van der Waals surface area (Å²) < 4.78 is 0.802. The van der Waals surface area contributed by atoms with E-state index in [1.54, 1.807) is 11.1 Å². The number of aromatic nitrogens is 1. The summed E-state index contributed by atoms with van der Waals surface area (Å²) >= 11 is 4.54. The average Bonchev–Trinajstić information content (AvgIpc) is 2.95. The van der Waals surface area contributed by atoms with Crippen molar-refractivity contribution < 1.29 is 14.7 Å². The average molecular weight is 334 g/mol. The van der Waals surface area contributed by atoms with Gasteiger partial charge in [-0.15, -0.1) is 11.3 Å². The first-order valence-electron chi connectivity index (χ1n) is 5.27. The molecule has 0 saturated carbocycles. The van der Waals surface area contributed by atoms with Gasteiger partial charge in [0.1, 0.15) is 7.11 Å². The summed E-state index contributed by atoms with van der Waals surface area (Å²) in [4.78, 5) is 22.5. The van der Waals surface area contributed by atoms with Gasteiger partial charge in [-0.2, -0.15) is 0 Å². The summed E-state index contributed by atoms with van der Waals surface area (Å²) in [7, 11) is 1.46. The molecule has 1 aliphatic heterocycles. The van der Waals surface area contributed by atoms with Gasteiger partial charge in [0.2, 0.25) is 0 Å². The van der Waals surface area contributed by atoms with Crippen molar-refractivity contribution in [3.8, 4) is 0 Å². The van der Waals surface area contributed by atoms with Crippen LogP contribution < -0.4 is 0 Å². The molecule has 6 nitrogen and oxygen atoms in total. The predicted molar refractivity (Wildman–Crippen MR) is 70.8 cm³/mol. The molecule has 0 bridgehead atoms. The van der Waals surface area contributed by atoms with Gasteiger partial charge in [0.25, 0.3) is 5.91 Å². The Hall–Kier alpha value is -0.990. The Morgan fingerprint density at radius 3 is 3.17 bits per heavy atom. The minimum atomic E-state index is -0.255. The third-order valence-electron chi connectivity index (χ3n) is 2.62. The molecule has 98 valence electrons. The number of aliphatic hydroxyl groups excluding tert-OH is 1. The highest BCUT2D eigenvalue weighted by Gasteiger charge is 2.34. The molecule has 1 unspecified atom stereocenters. The van der Waals surface area contributed by atoms with Gasteiger partial charge in [-0.3, -0.25) is 4.79 Å². The number of carbonyl (C=O) groups is 1. The Bertz CT molecular complexity index is 477. The number of oxime groups is 1. The van der Waals surface area contributed by atoms with E-state index in [1.807, 2.05) is 0 Å². The first-order valence-corrected chi connectivity index (χ1v) is 6.88. The fourth-order valence-electron chi connectivity index (χ4n) is 1.84. The summed E-state index contributed by atoms with van der Waals surface area (Å²) in [5.41, 5.74) is 0.750. The number of carbonyl (C=O) groups excluding carboxylic acids is 1. The van der Waals surface area contributed by atoms with Crippen LogP contribution in [0.4, 0.5) is 0 Å². The minimum absolute atomic E-state index is 0.0962. The lowest BCUT2D eigenvalue weighted by atomic mass is 10.2. The van der Waals surface area contributed by atoms with Gasteiger partial charge in [-0.25, -0.2) is 4.98 Å². The number of nitrogens with zero attached hydrogens (tertiary/aromatic N) is 3. The lowest BCUT2D eigenvalue weighted by molar-refractivity contribution is 0.0680. The maximum absolute atomic E-state index is 12.2. The molecule has 1 aliphatic rings. The molecule has 1 N–H and O–H groups in total. The van der Waals surface area contributed by atoms with Gasteiger partial charge < -0.3 is 14.8 Å². The third kappa shape index (κ3) is 2.70. The van der Waals surface area contributed by atoms with Gasteiger partial charge in [0, 0.05) is 6.42 Å². The van der Waals surface area contributed by atoms with Crippen LogP contribution >= 0.6 is 27.3 Å². The van der Waals surface area contributed by atoms with Crippen molar-refractivity contribution in [3.63, 3.8) is 0 Å². The number of rotatable bonds is 3. The van der Waals surface area contributed by atoms with Gasteiger partial charge >= 0.3 is 0 Å². The number of thiazole rings is 1. The van der Waals surface area contributed by atoms with Gasteiger partial charge in [0.15, 0.2) is 5.01 Å². The van der Waals surface area contributed by atoms with Crippen LogP contribution in [0.5, 0.6) is 0 Å². The zero-order valence-electron chi connectivity index (χ0n) is 9.67. The lowest BCUT2D eigenvalue weighted by Crippen LogP contribution is -2.37. The van der Waals surface area contributed by atoms with Crippen LogP contribution in [0.3, 0.4) is 0 Å². The molecule has 1 saturated heterocycles. The van der Waals surface area contributed by atoms with Crippen LogP contribution in [-0.4, -0.2) is 52.9 Å². The van der Waals surface area contributed by atoms with Crippen LogP contribution in [0, 0.1) is 0 Å². The van der Waals surface area contributed by atoms with E-state index in [9.17, 15) is 9.90 Å². The summed E-state index contributed by atoms with van der Waals surface area (Å²) in [5, 5.41) is 13.5. The van der Waals surface area contributed by atoms with E-state index < -0.39 is 0 Å². The molecule has 1 fully saturated rings. The Labute approximate surface area is 116 Å². The van der Waals surface area contributed by atoms with Crippen LogP contribution in [0.1, 0.15) is 16.2 Å². The predicted octanol–water partition coefficient (Wildman–Crippen LogP) is 1.11. The minimum Gasteiger partial charge on any atom is -0.399 e. The van der Waals surface area contributed by atoms with Crippen molar-refractivity contribution in [3.05, 3.63) is 15.0 Å². The molecule has 18 heavy (non-hydrogen) atoms. The molecule has 1 amide bonds. The van der Waals surface area contributed by atoms with E-state index >= 15 is 0 Å². The Morgan fingerprint density at radius 1 is 1.83 bits per heavy atom. The van der Waals surface area contributed by atoms with Crippen molar-refractivity contribution in [1.82, 2.24) is 9.88 Å². The van der Waals surface area contributed by atoms with Crippen molar-refractivity contribution in [2.24, 2.45) is 5.16 Å². The Morgan fingerprint density at radius 2 is 2.61 bits per heavy atom. The number of halogens is 1. The van der Waals surface area contributed by atoms with Crippen molar-refractivity contribution >= 4 is 38.9 Å². The number of hydrogen-bond donors (Lipinski definition) is 1. The molecule has 0 aromatic carbocycles. The highest BCUT2D eigenvalue weighted by Crippen LogP contribution is 2.24. The molecular formula is C10H12BrN3O3S. The second kappa shape index (κ2) is 5.77.